The summed E-state index contributed by atoms with van der Waals surface area (Å²) in [5, 5.41) is 5.58. The van der Waals surface area contributed by atoms with Crippen molar-refractivity contribution >= 4 is 11.7 Å². The molecule has 2 rings (SSSR count). The van der Waals surface area contributed by atoms with Gasteiger partial charge in [-0.3, -0.25) is 4.98 Å². The first kappa shape index (κ1) is 16.8. The van der Waals surface area contributed by atoms with Gasteiger partial charge < -0.3 is 20.1 Å². The van der Waals surface area contributed by atoms with Gasteiger partial charge in [-0.25, -0.2) is 4.79 Å². The van der Waals surface area contributed by atoms with Crippen LogP contribution in [-0.4, -0.2) is 31.3 Å². The summed E-state index contributed by atoms with van der Waals surface area (Å²) in [6, 6.07) is 10.8. The third-order valence-corrected chi connectivity index (χ3v) is 3.06. The largest absolute Gasteiger partial charge is 0.491 e. The number of methoxy groups -OCH3 is 1. The van der Waals surface area contributed by atoms with E-state index >= 15 is 0 Å². The van der Waals surface area contributed by atoms with E-state index < -0.39 is 0 Å². The number of pyridine rings is 1. The maximum Gasteiger partial charge on any atom is 0.319 e. The number of amides is 2. The lowest BCUT2D eigenvalue weighted by molar-refractivity contribution is 0.172. The minimum atomic E-state index is -0.290. The molecule has 0 radical (unpaired) electrons. The van der Waals surface area contributed by atoms with Crippen molar-refractivity contribution in [2.45, 2.75) is 13.0 Å². The average Bonchev–Trinajstić information content (AvgIpc) is 2.59. The number of para-hydroxylation sites is 2. The molecule has 1 heterocycles. The number of anilines is 1. The highest BCUT2D eigenvalue weighted by Gasteiger charge is 2.07. The first-order chi connectivity index (χ1) is 11.3. The Labute approximate surface area is 135 Å². The fourth-order valence-electron chi connectivity index (χ4n) is 1.93. The third kappa shape index (κ3) is 5.96. The molecular weight excluding hydrogens is 294 g/mol. The second kappa shape index (κ2) is 9.42. The van der Waals surface area contributed by atoms with E-state index in [1.807, 2.05) is 30.3 Å². The van der Waals surface area contributed by atoms with E-state index in [-0.39, 0.29) is 6.03 Å². The Balaban J connectivity index is 1.85. The molecule has 2 amide bonds. The number of urea groups is 1. The van der Waals surface area contributed by atoms with E-state index in [0.717, 1.165) is 12.0 Å². The molecule has 0 aliphatic carbocycles. The molecule has 0 saturated carbocycles. The van der Waals surface area contributed by atoms with Crippen molar-refractivity contribution < 1.29 is 14.3 Å². The highest BCUT2D eigenvalue weighted by Crippen LogP contribution is 2.23. The summed E-state index contributed by atoms with van der Waals surface area (Å²) in [4.78, 5) is 16.0. The van der Waals surface area contributed by atoms with E-state index in [4.69, 9.17) is 9.47 Å². The monoisotopic (exact) mass is 315 g/mol. The van der Waals surface area contributed by atoms with Gasteiger partial charge in [0.1, 0.15) is 5.75 Å². The fraction of sp³-hybridized carbons (Fsp3) is 0.294. The van der Waals surface area contributed by atoms with Crippen LogP contribution in [0.5, 0.6) is 5.75 Å². The van der Waals surface area contributed by atoms with E-state index in [0.29, 0.717) is 31.2 Å². The number of hydrogen-bond donors (Lipinski definition) is 2. The van der Waals surface area contributed by atoms with Crippen molar-refractivity contribution in [2.24, 2.45) is 0 Å². The first-order valence-electron chi connectivity index (χ1n) is 7.44. The Hall–Kier alpha value is -2.60. The molecule has 0 spiro atoms. The summed E-state index contributed by atoms with van der Waals surface area (Å²) in [6.45, 7) is 1.58. The van der Waals surface area contributed by atoms with Gasteiger partial charge in [-0.15, -0.1) is 0 Å². The Morgan fingerprint density at radius 2 is 2.04 bits per heavy atom. The van der Waals surface area contributed by atoms with Crippen LogP contribution in [0.3, 0.4) is 0 Å². The Kier molecular flexibility index (Phi) is 6.87. The van der Waals surface area contributed by atoms with Crippen molar-refractivity contribution in [1.29, 1.82) is 0 Å². The minimum Gasteiger partial charge on any atom is -0.491 e. The quantitative estimate of drug-likeness (QED) is 0.735. The molecule has 1 aromatic heterocycles. The van der Waals surface area contributed by atoms with Crippen LogP contribution in [0.15, 0.2) is 48.8 Å². The van der Waals surface area contributed by atoms with Gasteiger partial charge in [0, 0.05) is 39.1 Å². The summed E-state index contributed by atoms with van der Waals surface area (Å²) in [6.07, 6.45) is 4.20. The summed E-state index contributed by atoms with van der Waals surface area (Å²) in [7, 11) is 1.65. The van der Waals surface area contributed by atoms with Crippen molar-refractivity contribution in [3.8, 4) is 5.75 Å². The van der Waals surface area contributed by atoms with Crippen LogP contribution in [0.2, 0.25) is 0 Å². The predicted molar refractivity (Wildman–Crippen MR) is 88.5 cm³/mol. The van der Waals surface area contributed by atoms with Crippen molar-refractivity contribution in [1.82, 2.24) is 10.3 Å². The zero-order chi connectivity index (χ0) is 16.3. The summed E-state index contributed by atoms with van der Waals surface area (Å²) >= 11 is 0. The van der Waals surface area contributed by atoms with Crippen molar-refractivity contribution in [3.63, 3.8) is 0 Å². The van der Waals surface area contributed by atoms with Gasteiger partial charge in [-0.1, -0.05) is 18.2 Å². The molecule has 0 aliphatic heterocycles. The van der Waals surface area contributed by atoms with Gasteiger partial charge in [-0.2, -0.15) is 0 Å². The van der Waals surface area contributed by atoms with Crippen LogP contribution in [0, 0.1) is 0 Å². The number of rotatable bonds is 8. The number of nitrogens with one attached hydrogen (secondary N) is 2. The van der Waals surface area contributed by atoms with E-state index in [1.165, 1.54) is 0 Å². The van der Waals surface area contributed by atoms with Crippen LogP contribution in [0.4, 0.5) is 10.5 Å². The number of aromatic nitrogens is 1. The summed E-state index contributed by atoms with van der Waals surface area (Å²) in [5.41, 5.74) is 1.57. The number of nitrogens with zero attached hydrogens (tertiary/aromatic N) is 1. The molecular formula is C17H21N3O3. The van der Waals surface area contributed by atoms with Crippen LogP contribution in [0.1, 0.15) is 12.0 Å². The molecule has 6 nitrogen and oxygen atoms in total. The fourth-order valence-corrected chi connectivity index (χ4v) is 1.93. The smallest absolute Gasteiger partial charge is 0.319 e. The molecule has 0 saturated heterocycles. The zero-order valence-corrected chi connectivity index (χ0v) is 13.1. The molecule has 0 unspecified atom stereocenters. The normalized spacial score (nSPS) is 10.1. The Bertz CT molecular complexity index is 605. The molecule has 0 fully saturated rings. The highest BCUT2D eigenvalue weighted by molar-refractivity contribution is 5.90. The average molecular weight is 315 g/mol. The minimum absolute atomic E-state index is 0.290. The van der Waals surface area contributed by atoms with Crippen LogP contribution in [0.25, 0.3) is 0 Å². The first-order valence-corrected chi connectivity index (χ1v) is 7.44. The van der Waals surface area contributed by atoms with Crippen LogP contribution in [-0.2, 0) is 11.3 Å². The summed E-state index contributed by atoms with van der Waals surface area (Å²) in [5.74, 6) is 0.639. The van der Waals surface area contributed by atoms with Crippen molar-refractivity contribution in [2.75, 3.05) is 25.6 Å². The van der Waals surface area contributed by atoms with Gasteiger partial charge in [0.05, 0.1) is 12.3 Å². The molecule has 122 valence electrons. The van der Waals surface area contributed by atoms with Gasteiger partial charge in [0.25, 0.3) is 0 Å². The molecule has 6 heteroatoms. The lowest BCUT2D eigenvalue weighted by Gasteiger charge is -2.13. The lowest BCUT2D eigenvalue weighted by atomic mass is 10.3. The molecule has 2 N–H and O–H groups in total. The number of carbonyl (C=O) groups excluding carboxylic acids is 1. The molecule has 0 aliphatic rings. The SMILES string of the molecule is COCCCOc1ccccc1NC(=O)NCc1cccnc1. The number of ether oxygens (including phenoxy) is 2. The maximum atomic E-state index is 12.0. The van der Waals surface area contributed by atoms with E-state index in [2.05, 4.69) is 15.6 Å². The highest BCUT2D eigenvalue weighted by atomic mass is 16.5. The van der Waals surface area contributed by atoms with Gasteiger partial charge in [-0.05, 0) is 23.8 Å². The topological polar surface area (TPSA) is 72.5 Å². The van der Waals surface area contributed by atoms with E-state index in [1.54, 1.807) is 25.6 Å². The maximum absolute atomic E-state index is 12.0. The zero-order valence-electron chi connectivity index (χ0n) is 13.1. The number of benzene rings is 1. The standard InChI is InChI=1S/C17H21N3O3/c1-22-10-5-11-23-16-8-3-2-7-15(16)20-17(21)19-13-14-6-4-9-18-12-14/h2-4,6-9,12H,5,10-11,13H2,1H3,(H2,19,20,21). The van der Waals surface area contributed by atoms with E-state index in [9.17, 15) is 4.79 Å². The summed E-state index contributed by atoms with van der Waals surface area (Å²) < 4.78 is 10.7. The lowest BCUT2D eigenvalue weighted by Crippen LogP contribution is -2.28. The molecule has 0 bridgehead atoms. The third-order valence-electron chi connectivity index (χ3n) is 3.06. The van der Waals surface area contributed by atoms with Crippen molar-refractivity contribution in [3.05, 3.63) is 54.4 Å². The molecule has 2 aromatic rings. The molecule has 0 atom stereocenters. The molecule has 23 heavy (non-hydrogen) atoms. The second-order valence-electron chi connectivity index (χ2n) is 4.86. The van der Waals surface area contributed by atoms with Gasteiger partial charge in [0.2, 0.25) is 0 Å². The van der Waals surface area contributed by atoms with Crippen LogP contribution < -0.4 is 15.4 Å². The van der Waals surface area contributed by atoms with Crippen LogP contribution >= 0.6 is 0 Å². The predicted octanol–water partition coefficient (Wildman–Crippen LogP) is 2.82. The Morgan fingerprint density at radius 1 is 1.17 bits per heavy atom. The number of carbonyl (C=O) groups is 1. The molecule has 1 aromatic carbocycles. The van der Waals surface area contributed by atoms with Gasteiger partial charge in [0.15, 0.2) is 0 Å². The van der Waals surface area contributed by atoms with Gasteiger partial charge >= 0.3 is 6.03 Å². The number of hydrogen-bond acceptors (Lipinski definition) is 4. The Morgan fingerprint density at radius 3 is 2.83 bits per heavy atom. The second-order valence-corrected chi connectivity index (χ2v) is 4.86.